The lowest BCUT2D eigenvalue weighted by molar-refractivity contribution is -0.0112. The highest BCUT2D eigenvalue weighted by atomic mass is 16.5. The Balaban J connectivity index is 5.23. The second-order valence-electron chi connectivity index (χ2n) is 10.4. The third-order valence-corrected chi connectivity index (χ3v) is 7.01. The predicted molar refractivity (Wildman–Crippen MR) is 161 cm³/mol. The molecule has 15 N–H and O–H groups in total. The Kier molecular flexibility index (Phi) is 21.4. The Hall–Kier alpha value is -1.48. The Bertz CT molecular complexity index is 612. The first-order valence-electron chi connectivity index (χ1n) is 13.8. The van der Waals surface area contributed by atoms with Crippen molar-refractivity contribution < 1.29 is 19.7 Å². The van der Waals surface area contributed by atoms with E-state index in [1.54, 1.807) is 12.2 Å². The summed E-state index contributed by atoms with van der Waals surface area (Å²) in [4.78, 5) is 0. The summed E-state index contributed by atoms with van der Waals surface area (Å²) in [6, 6.07) is -0.171. The molecule has 0 heterocycles. The van der Waals surface area contributed by atoms with E-state index in [0.717, 1.165) is 0 Å². The lowest BCUT2D eigenvalue weighted by Gasteiger charge is -2.31. The fourth-order valence-corrected chi connectivity index (χ4v) is 3.95. The predicted octanol–water partition coefficient (Wildman–Crippen LogP) is -1.16. The van der Waals surface area contributed by atoms with E-state index in [1.165, 1.54) is 0 Å². The lowest BCUT2D eigenvalue weighted by Crippen LogP contribution is -2.48. The molecule has 0 saturated heterocycles. The van der Waals surface area contributed by atoms with Gasteiger partial charge < -0.3 is 59.4 Å². The maximum absolute atomic E-state index is 10.7. The summed E-state index contributed by atoms with van der Waals surface area (Å²) in [5.41, 5.74) is 34.0. The van der Waals surface area contributed by atoms with Crippen LogP contribution in [0.25, 0.3) is 0 Å². The molecule has 0 aromatic carbocycles. The van der Waals surface area contributed by atoms with E-state index in [2.05, 4.69) is 18.5 Å². The van der Waals surface area contributed by atoms with Gasteiger partial charge in [0.15, 0.2) is 0 Å². The zero-order chi connectivity index (χ0) is 29.6. The Morgan fingerprint density at radius 2 is 0.974 bits per heavy atom. The molecule has 4 atom stereocenters. The molecule has 39 heavy (non-hydrogen) atoms. The van der Waals surface area contributed by atoms with Gasteiger partial charge >= 0.3 is 0 Å². The second-order valence-corrected chi connectivity index (χ2v) is 10.4. The lowest BCUT2D eigenvalue weighted by atomic mass is 9.89. The third kappa shape index (κ3) is 15.8. The number of hydrogen-bond acceptors (Lipinski definition) is 11. The first kappa shape index (κ1) is 37.5. The fraction of sp³-hybridized carbons (Fsp3) is 0.714. The summed E-state index contributed by atoms with van der Waals surface area (Å²) in [6.45, 7) is 10.1. The van der Waals surface area contributed by atoms with Crippen LogP contribution in [0.2, 0.25) is 0 Å². The molecule has 0 saturated carbocycles. The number of ether oxygens (including phenoxy) is 2. The molecule has 0 aromatic heterocycles. The van der Waals surface area contributed by atoms with E-state index in [0.29, 0.717) is 65.0 Å². The SMILES string of the molecule is C=CC=CCC(CC(O)COCC(CN)(CN)CN)NC(CC=CC=C)CC(O)COCC(CN)(CN)CN. The number of nitrogens with two attached hydrogens (primary N) is 6. The molecule has 0 aromatic rings. The highest BCUT2D eigenvalue weighted by Crippen LogP contribution is 2.16. The van der Waals surface area contributed by atoms with Crippen LogP contribution < -0.4 is 39.7 Å². The van der Waals surface area contributed by atoms with Crippen molar-refractivity contribution >= 4 is 0 Å². The van der Waals surface area contributed by atoms with Gasteiger partial charge in [-0.15, -0.1) is 0 Å². The van der Waals surface area contributed by atoms with Gasteiger partial charge in [0.05, 0.1) is 38.6 Å². The Labute approximate surface area is 235 Å². The highest BCUT2D eigenvalue weighted by Gasteiger charge is 2.28. The van der Waals surface area contributed by atoms with Crippen molar-refractivity contribution in [2.75, 3.05) is 65.7 Å². The molecule has 0 rings (SSSR count). The molecule has 11 heteroatoms. The summed E-state index contributed by atoms with van der Waals surface area (Å²) in [7, 11) is 0. The summed E-state index contributed by atoms with van der Waals surface area (Å²) in [6.07, 6.45) is 11.9. The average Bonchev–Trinajstić information content (AvgIpc) is 2.94. The average molecular weight is 556 g/mol. The first-order valence-corrected chi connectivity index (χ1v) is 13.8. The van der Waals surface area contributed by atoms with Crippen molar-refractivity contribution in [3.05, 3.63) is 49.6 Å². The number of hydrogen-bond donors (Lipinski definition) is 9. The molecule has 0 aliphatic heterocycles. The van der Waals surface area contributed by atoms with Crippen molar-refractivity contribution in [1.82, 2.24) is 5.32 Å². The van der Waals surface area contributed by atoms with E-state index in [4.69, 9.17) is 43.9 Å². The zero-order valence-electron chi connectivity index (χ0n) is 23.8. The number of aliphatic hydroxyl groups is 2. The minimum Gasteiger partial charge on any atom is -0.391 e. The van der Waals surface area contributed by atoms with Crippen LogP contribution in [0.4, 0.5) is 0 Å². The maximum Gasteiger partial charge on any atom is 0.0788 e. The fourth-order valence-electron chi connectivity index (χ4n) is 3.95. The van der Waals surface area contributed by atoms with Gasteiger partial charge in [0.25, 0.3) is 0 Å². The second kappa shape index (κ2) is 22.2. The first-order chi connectivity index (χ1) is 18.7. The van der Waals surface area contributed by atoms with Crippen LogP contribution in [0.15, 0.2) is 49.6 Å². The molecule has 0 amide bonds. The minimum atomic E-state index is -0.722. The van der Waals surface area contributed by atoms with E-state index in [-0.39, 0.29) is 38.5 Å². The Morgan fingerprint density at radius 3 is 1.26 bits per heavy atom. The number of rotatable bonds is 26. The minimum absolute atomic E-state index is 0.0855. The smallest absolute Gasteiger partial charge is 0.0788 e. The van der Waals surface area contributed by atoms with Gasteiger partial charge in [-0.2, -0.15) is 0 Å². The standard InChI is InChI=1S/C28H57N7O4/c1-3-5-7-9-23(11-25(36)13-38-21-27(15-29,16-30)17-31)35-24(10-8-6-4-2)12-26(37)14-39-22-28(18-32,19-33)20-34/h3-8,23-26,35-37H,1-2,9-22,29-34H2. The zero-order valence-corrected chi connectivity index (χ0v) is 23.8. The topological polar surface area (TPSA) is 227 Å². The van der Waals surface area contributed by atoms with Gasteiger partial charge in [0.2, 0.25) is 0 Å². The summed E-state index contributed by atoms with van der Waals surface area (Å²) >= 11 is 0. The van der Waals surface area contributed by atoms with Crippen LogP contribution in [0.5, 0.6) is 0 Å². The quantitative estimate of drug-likeness (QED) is 0.0578. The maximum atomic E-state index is 10.7. The molecule has 0 radical (unpaired) electrons. The van der Waals surface area contributed by atoms with Crippen LogP contribution in [-0.2, 0) is 9.47 Å². The van der Waals surface area contributed by atoms with E-state index in [1.807, 2.05) is 24.3 Å². The molecule has 228 valence electrons. The normalized spacial score (nSPS) is 16.0. The van der Waals surface area contributed by atoms with E-state index >= 15 is 0 Å². The van der Waals surface area contributed by atoms with Gasteiger partial charge in [-0.05, 0) is 25.7 Å². The molecule has 0 fully saturated rings. The van der Waals surface area contributed by atoms with Crippen molar-refractivity contribution in [2.45, 2.75) is 50.0 Å². The van der Waals surface area contributed by atoms with Gasteiger partial charge in [0.1, 0.15) is 0 Å². The van der Waals surface area contributed by atoms with Crippen LogP contribution in [0, 0.1) is 10.8 Å². The Morgan fingerprint density at radius 1 is 0.641 bits per heavy atom. The number of allylic oxidation sites excluding steroid dienone is 4. The molecule has 11 nitrogen and oxygen atoms in total. The third-order valence-electron chi connectivity index (χ3n) is 7.01. The van der Waals surface area contributed by atoms with Gasteiger partial charge in [-0.1, -0.05) is 49.6 Å². The molecule has 4 unspecified atom stereocenters. The monoisotopic (exact) mass is 555 g/mol. The van der Waals surface area contributed by atoms with Crippen molar-refractivity contribution in [1.29, 1.82) is 0 Å². The van der Waals surface area contributed by atoms with Gasteiger partial charge in [0, 0.05) is 62.2 Å². The molecule has 0 bridgehead atoms. The molecule has 0 aliphatic carbocycles. The summed E-state index contributed by atoms with van der Waals surface area (Å²) < 4.78 is 11.5. The van der Waals surface area contributed by atoms with Crippen molar-refractivity contribution in [3.8, 4) is 0 Å². The molecular weight excluding hydrogens is 498 g/mol. The molecule has 0 spiro atoms. The van der Waals surface area contributed by atoms with Crippen LogP contribution in [0.1, 0.15) is 25.7 Å². The largest absolute Gasteiger partial charge is 0.391 e. The number of aliphatic hydroxyl groups excluding tert-OH is 2. The molecule has 0 aliphatic rings. The summed E-state index contributed by atoms with van der Waals surface area (Å²) in [5.74, 6) is 0. The van der Waals surface area contributed by atoms with Crippen molar-refractivity contribution in [3.63, 3.8) is 0 Å². The van der Waals surface area contributed by atoms with E-state index < -0.39 is 23.0 Å². The van der Waals surface area contributed by atoms with Crippen molar-refractivity contribution in [2.24, 2.45) is 45.2 Å². The van der Waals surface area contributed by atoms with E-state index in [9.17, 15) is 10.2 Å². The van der Waals surface area contributed by atoms with Crippen LogP contribution in [0.3, 0.4) is 0 Å². The highest BCUT2D eigenvalue weighted by molar-refractivity contribution is 5.01. The summed E-state index contributed by atoms with van der Waals surface area (Å²) in [5, 5.41) is 25.1. The van der Waals surface area contributed by atoms with Gasteiger partial charge in [-0.25, -0.2) is 0 Å². The van der Waals surface area contributed by atoms with Crippen LogP contribution in [-0.4, -0.2) is 100 Å². The van der Waals surface area contributed by atoms with Crippen LogP contribution >= 0.6 is 0 Å². The van der Waals surface area contributed by atoms with Gasteiger partial charge in [-0.3, -0.25) is 0 Å². The number of nitrogens with one attached hydrogen (secondary N) is 1. The molecular formula is C28H57N7O4.